The third kappa shape index (κ3) is 3.11. The normalized spacial score (nSPS) is 22.5. The number of hydrogen-bond donors (Lipinski definition) is 1. The lowest BCUT2D eigenvalue weighted by Gasteiger charge is -2.27. The van der Waals surface area contributed by atoms with Crippen molar-refractivity contribution in [1.82, 2.24) is 5.32 Å². The van der Waals surface area contributed by atoms with Crippen LogP contribution in [-0.4, -0.2) is 20.2 Å². The molecule has 0 aromatic heterocycles. The van der Waals surface area contributed by atoms with E-state index in [4.69, 9.17) is 4.74 Å². The summed E-state index contributed by atoms with van der Waals surface area (Å²) in [7, 11) is 1.77. The van der Waals surface area contributed by atoms with Crippen LogP contribution in [0.1, 0.15) is 35.8 Å². The molecule has 2 nitrogen and oxygen atoms in total. The summed E-state index contributed by atoms with van der Waals surface area (Å²) in [4.78, 5) is 0. The first-order valence-electron chi connectivity index (χ1n) is 7.78. The fraction of sp³-hybridized carbons (Fsp3) is 0.368. The highest BCUT2D eigenvalue weighted by Gasteiger charge is 2.28. The minimum absolute atomic E-state index is 0.513. The zero-order valence-corrected chi connectivity index (χ0v) is 12.6. The predicted molar refractivity (Wildman–Crippen MR) is 87.0 cm³/mol. The highest BCUT2D eigenvalue weighted by atomic mass is 16.5. The van der Waals surface area contributed by atoms with Crippen molar-refractivity contribution in [2.45, 2.75) is 24.7 Å². The van der Waals surface area contributed by atoms with Gasteiger partial charge in [0.2, 0.25) is 0 Å². The molecule has 0 amide bonds. The van der Waals surface area contributed by atoms with Crippen molar-refractivity contribution in [3.05, 3.63) is 65.7 Å². The summed E-state index contributed by atoms with van der Waals surface area (Å²) in [6, 6.07) is 19.4. The number of rotatable bonds is 3. The Morgan fingerprint density at radius 2 is 1.52 bits per heavy atom. The Hall–Kier alpha value is -1.80. The fourth-order valence-electron chi connectivity index (χ4n) is 3.49. The first-order valence-corrected chi connectivity index (χ1v) is 7.78. The molecule has 1 aliphatic heterocycles. The molecule has 110 valence electrons. The van der Waals surface area contributed by atoms with Crippen molar-refractivity contribution in [1.29, 1.82) is 0 Å². The van der Waals surface area contributed by atoms with E-state index in [1.807, 2.05) is 0 Å². The second-order valence-corrected chi connectivity index (χ2v) is 5.69. The first-order chi connectivity index (χ1) is 10.4. The Kier molecular flexibility index (Phi) is 4.56. The number of hydrogen-bond acceptors (Lipinski definition) is 2. The summed E-state index contributed by atoms with van der Waals surface area (Å²) in [6.07, 6.45) is 2.33. The van der Waals surface area contributed by atoms with Crippen LogP contribution in [0.2, 0.25) is 0 Å². The number of ether oxygens (including phenoxy) is 1. The van der Waals surface area contributed by atoms with Gasteiger partial charge in [-0.25, -0.2) is 0 Å². The maximum Gasteiger partial charge on any atom is 0.122 e. The molecule has 0 unspecified atom stereocenters. The van der Waals surface area contributed by atoms with Gasteiger partial charge in [0.25, 0.3) is 0 Å². The lowest BCUT2D eigenvalue weighted by Crippen LogP contribution is -2.13. The largest absolute Gasteiger partial charge is 0.496 e. The molecule has 3 rings (SSSR count). The molecule has 2 aromatic rings. The average Bonchev–Trinajstić information content (AvgIpc) is 2.81. The Bertz CT molecular complexity index is 567. The van der Waals surface area contributed by atoms with Gasteiger partial charge in [-0.2, -0.15) is 0 Å². The number of nitrogens with one attached hydrogen (secondary N) is 1. The molecular weight excluding hydrogens is 258 g/mol. The van der Waals surface area contributed by atoms with E-state index in [-0.39, 0.29) is 0 Å². The predicted octanol–water partition coefficient (Wildman–Crippen LogP) is 3.95. The lowest BCUT2D eigenvalue weighted by atomic mass is 9.78. The molecule has 0 aliphatic carbocycles. The van der Waals surface area contributed by atoms with E-state index in [1.165, 1.54) is 17.5 Å². The van der Waals surface area contributed by atoms with E-state index in [0.29, 0.717) is 11.8 Å². The van der Waals surface area contributed by atoms with Gasteiger partial charge < -0.3 is 10.1 Å². The SMILES string of the molecule is COc1ccccc1[C@@H]1CCNCC[C@@H]1c1ccccc1. The van der Waals surface area contributed by atoms with E-state index < -0.39 is 0 Å². The molecule has 1 heterocycles. The third-order valence-electron chi connectivity index (χ3n) is 4.52. The Balaban J connectivity index is 1.99. The quantitative estimate of drug-likeness (QED) is 0.920. The van der Waals surface area contributed by atoms with Crippen LogP contribution in [-0.2, 0) is 0 Å². The summed E-state index contributed by atoms with van der Waals surface area (Å²) >= 11 is 0. The molecule has 2 heteroatoms. The summed E-state index contributed by atoms with van der Waals surface area (Å²) in [5.74, 6) is 2.08. The molecule has 0 bridgehead atoms. The summed E-state index contributed by atoms with van der Waals surface area (Å²) in [5, 5.41) is 3.54. The van der Waals surface area contributed by atoms with E-state index in [1.54, 1.807) is 7.11 Å². The van der Waals surface area contributed by atoms with Crippen LogP contribution in [0, 0.1) is 0 Å². The van der Waals surface area contributed by atoms with Crippen LogP contribution in [0.3, 0.4) is 0 Å². The van der Waals surface area contributed by atoms with Crippen molar-refractivity contribution in [2.75, 3.05) is 20.2 Å². The van der Waals surface area contributed by atoms with Crippen molar-refractivity contribution in [3.8, 4) is 5.75 Å². The highest BCUT2D eigenvalue weighted by molar-refractivity contribution is 5.39. The molecule has 1 saturated heterocycles. The molecule has 0 saturated carbocycles. The van der Waals surface area contributed by atoms with Gasteiger partial charge in [-0.15, -0.1) is 0 Å². The van der Waals surface area contributed by atoms with Crippen molar-refractivity contribution in [3.63, 3.8) is 0 Å². The number of para-hydroxylation sites is 1. The topological polar surface area (TPSA) is 21.3 Å². The monoisotopic (exact) mass is 281 g/mol. The van der Waals surface area contributed by atoms with Gasteiger partial charge in [-0.1, -0.05) is 48.5 Å². The Labute approximate surface area is 127 Å². The van der Waals surface area contributed by atoms with Gasteiger partial charge in [0.15, 0.2) is 0 Å². The minimum Gasteiger partial charge on any atom is -0.496 e. The molecular formula is C19H23NO. The van der Waals surface area contributed by atoms with Crippen molar-refractivity contribution in [2.24, 2.45) is 0 Å². The Morgan fingerprint density at radius 1 is 0.857 bits per heavy atom. The van der Waals surface area contributed by atoms with E-state index in [9.17, 15) is 0 Å². The first kappa shape index (κ1) is 14.2. The van der Waals surface area contributed by atoms with Crippen LogP contribution in [0.15, 0.2) is 54.6 Å². The minimum atomic E-state index is 0.513. The van der Waals surface area contributed by atoms with Crippen LogP contribution >= 0.6 is 0 Å². The van der Waals surface area contributed by atoms with Crippen LogP contribution in [0.5, 0.6) is 5.75 Å². The zero-order chi connectivity index (χ0) is 14.5. The van der Waals surface area contributed by atoms with E-state index >= 15 is 0 Å². The Morgan fingerprint density at radius 3 is 2.29 bits per heavy atom. The molecule has 21 heavy (non-hydrogen) atoms. The third-order valence-corrected chi connectivity index (χ3v) is 4.52. The van der Waals surface area contributed by atoms with Crippen molar-refractivity contribution >= 4 is 0 Å². The van der Waals surface area contributed by atoms with E-state index in [2.05, 4.69) is 59.9 Å². The highest BCUT2D eigenvalue weighted by Crippen LogP contribution is 2.42. The van der Waals surface area contributed by atoms with Gasteiger partial charge >= 0.3 is 0 Å². The van der Waals surface area contributed by atoms with Crippen LogP contribution in [0.25, 0.3) is 0 Å². The van der Waals surface area contributed by atoms with Gasteiger partial charge in [-0.05, 0) is 55.0 Å². The molecule has 1 fully saturated rings. The molecule has 1 aliphatic rings. The second kappa shape index (κ2) is 6.77. The van der Waals surface area contributed by atoms with Gasteiger partial charge in [0.1, 0.15) is 5.75 Å². The standard InChI is InChI=1S/C19H23NO/c1-21-19-10-6-5-9-18(19)17-12-14-20-13-11-16(17)15-7-3-2-4-8-15/h2-10,16-17,20H,11-14H2,1H3/t16-,17-/m1/s1. The zero-order valence-electron chi connectivity index (χ0n) is 12.6. The second-order valence-electron chi connectivity index (χ2n) is 5.69. The maximum absolute atomic E-state index is 5.60. The molecule has 0 radical (unpaired) electrons. The van der Waals surface area contributed by atoms with Gasteiger partial charge in [-0.3, -0.25) is 0 Å². The van der Waals surface area contributed by atoms with Gasteiger partial charge in [0, 0.05) is 0 Å². The van der Waals surface area contributed by atoms with Crippen molar-refractivity contribution < 1.29 is 4.74 Å². The molecule has 1 N–H and O–H groups in total. The lowest BCUT2D eigenvalue weighted by molar-refractivity contribution is 0.398. The molecule has 2 atom stereocenters. The smallest absolute Gasteiger partial charge is 0.122 e. The number of methoxy groups -OCH3 is 1. The van der Waals surface area contributed by atoms with Gasteiger partial charge in [0.05, 0.1) is 7.11 Å². The average molecular weight is 281 g/mol. The van der Waals surface area contributed by atoms with Crippen LogP contribution in [0.4, 0.5) is 0 Å². The van der Waals surface area contributed by atoms with E-state index in [0.717, 1.165) is 25.3 Å². The summed E-state index contributed by atoms with van der Waals surface area (Å²) in [5.41, 5.74) is 2.79. The molecule has 2 aromatic carbocycles. The van der Waals surface area contributed by atoms with Crippen LogP contribution < -0.4 is 10.1 Å². The summed E-state index contributed by atoms with van der Waals surface area (Å²) in [6.45, 7) is 2.16. The fourth-order valence-corrected chi connectivity index (χ4v) is 3.49. The maximum atomic E-state index is 5.60. The number of benzene rings is 2. The summed E-state index contributed by atoms with van der Waals surface area (Å²) < 4.78 is 5.60. The molecule has 0 spiro atoms.